The lowest BCUT2D eigenvalue weighted by atomic mass is 10.2. The number of nitrogens with zero attached hydrogens (tertiary/aromatic N) is 3. The molecule has 1 N–H and O–H groups in total. The summed E-state index contributed by atoms with van der Waals surface area (Å²) in [6.07, 6.45) is -4.98. The van der Waals surface area contributed by atoms with Gasteiger partial charge in [0.05, 0.1) is 6.42 Å². The minimum Gasteiger partial charge on any atom is -0.383 e. The topological polar surface area (TPSA) is 72.0 Å². The van der Waals surface area contributed by atoms with Gasteiger partial charge in [0.25, 0.3) is 0 Å². The first-order valence-electron chi connectivity index (χ1n) is 4.94. The first-order chi connectivity index (χ1) is 8.47. The first kappa shape index (κ1) is 12.5. The Kier molecular flexibility index (Phi) is 3.28. The molecule has 0 aliphatic carbocycles. The molecule has 5 nitrogen and oxygen atoms in total. The van der Waals surface area contributed by atoms with Gasteiger partial charge in [-0.1, -0.05) is 5.16 Å². The maximum atomic E-state index is 12.1. The van der Waals surface area contributed by atoms with Crippen LogP contribution in [0.4, 0.5) is 13.2 Å². The lowest BCUT2D eigenvalue weighted by Gasteiger charge is -2.11. The van der Waals surface area contributed by atoms with Crippen LogP contribution in [0.15, 0.2) is 29.0 Å². The van der Waals surface area contributed by atoms with E-state index < -0.39 is 18.7 Å². The Labute approximate surface area is 99.3 Å². The van der Waals surface area contributed by atoms with Crippen LogP contribution in [0, 0.1) is 0 Å². The third kappa shape index (κ3) is 2.83. The summed E-state index contributed by atoms with van der Waals surface area (Å²) in [5.41, 5.74) is 0.571. The fourth-order valence-corrected chi connectivity index (χ4v) is 1.24. The summed E-state index contributed by atoms with van der Waals surface area (Å²) >= 11 is 0. The average molecular weight is 259 g/mol. The van der Waals surface area contributed by atoms with Crippen molar-refractivity contribution < 1.29 is 22.8 Å². The highest BCUT2D eigenvalue weighted by Crippen LogP contribution is 2.23. The van der Waals surface area contributed by atoms with E-state index in [4.69, 9.17) is 5.11 Å². The van der Waals surface area contributed by atoms with Gasteiger partial charge >= 0.3 is 6.18 Å². The quantitative estimate of drug-likeness (QED) is 0.906. The smallest absolute Gasteiger partial charge is 0.383 e. The predicted octanol–water partition coefficient (Wildman–Crippen LogP) is 1.60. The summed E-state index contributed by atoms with van der Waals surface area (Å²) in [5, 5.41) is 12.4. The molecule has 0 saturated heterocycles. The van der Waals surface area contributed by atoms with Crippen LogP contribution in [0.2, 0.25) is 0 Å². The molecule has 0 spiro atoms. The van der Waals surface area contributed by atoms with E-state index in [0.717, 1.165) is 0 Å². The summed E-state index contributed by atoms with van der Waals surface area (Å²) in [4.78, 5) is 7.55. The van der Waals surface area contributed by atoms with Crippen molar-refractivity contribution >= 4 is 0 Å². The summed E-state index contributed by atoms with van der Waals surface area (Å²) in [6, 6.07) is 3.18. The Hall–Kier alpha value is -1.96. The lowest BCUT2D eigenvalue weighted by molar-refractivity contribution is -0.204. The van der Waals surface area contributed by atoms with Gasteiger partial charge < -0.3 is 9.63 Å². The van der Waals surface area contributed by atoms with Gasteiger partial charge in [0.15, 0.2) is 6.10 Å². The summed E-state index contributed by atoms with van der Waals surface area (Å²) in [6.45, 7) is 0. The average Bonchev–Trinajstić information content (AvgIpc) is 2.77. The molecule has 1 atom stereocenters. The zero-order chi connectivity index (χ0) is 13.2. The summed E-state index contributed by atoms with van der Waals surface area (Å²) in [5.74, 6) is -0.117. The Morgan fingerprint density at radius 3 is 2.56 bits per heavy atom. The zero-order valence-corrected chi connectivity index (χ0v) is 8.92. The molecule has 1 unspecified atom stereocenters. The molecule has 0 aliphatic rings. The van der Waals surface area contributed by atoms with E-state index in [2.05, 4.69) is 19.6 Å². The van der Waals surface area contributed by atoms with Gasteiger partial charge in [-0.15, -0.1) is 0 Å². The van der Waals surface area contributed by atoms with Crippen LogP contribution in [-0.4, -0.2) is 32.5 Å². The van der Waals surface area contributed by atoms with E-state index in [1.165, 1.54) is 12.4 Å². The van der Waals surface area contributed by atoms with E-state index in [1.54, 1.807) is 12.1 Å². The van der Waals surface area contributed by atoms with Crippen molar-refractivity contribution in [1.82, 2.24) is 15.1 Å². The van der Waals surface area contributed by atoms with E-state index in [0.29, 0.717) is 5.56 Å². The molecule has 2 rings (SSSR count). The van der Waals surface area contributed by atoms with Crippen molar-refractivity contribution in [2.75, 3.05) is 0 Å². The van der Waals surface area contributed by atoms with E-state index >= 15 is 0 Å². The normalized spacial score (nSPS) is 13.6. The number of aliphatic hydroxyl groups is 1. The second kappa shape index (κ2) is 4.73. The fourth-order valence-electron chi connectivity index (χ4n) is 1.24. The van der Waals surface area contributed by atoms with Crippen LogP contribution in [-0.2, 0) is 6.42 Å². The third-order valence-electron chi connectivity index (χ3n) is 2.15. The predicted molar refractivity (Wildman–Crippen MR) is 53.3 cm³/mol. The molecule has 18 heavy (non-hydrogen) atoms. The van der Waals surface area contributed by atoms with Crippen molar-refractivity contribution in [2.24, 2.45) is 0 Å². The van der Waals surface area contributed by atoms with Crippen LogP contribution >= 0.6 is 0 Å². The number of aromatic nitrogens is 3. The number of rotatable bonds is 3. The highest BCUT2D eigenvalue weighted by molar-refractivity contribution is 5.52. The van der Waals surface area contributed by atoms with Gasteiger partial charge in [-0.05, 0) is 12.1 Å². The zero-order valence-electron chi connectivity index (χ0n) is 8.92. The van der Waals surface area contributed by atoms with Crippen molar-refractivity contribution in [2.45, 2.75) is 18.7 Å². The molecule has 0 radical (unpaired) electrons. The SMILES string of the molecule is OC(Cc1nc(-c2ccncc2)no1)C(F)(F)F. The Balaban J connectivity index is 2.12. The van der Waals surface area contributed by atoms with Gasteiger partial charge in [-0.25, -0.2) is 0 Å². The van der Waals surface area contributed by atoms with Crippen LogP contribution in [0.5, 0.6) is 0 Å². The molecule has 2 heterocycles. The molecule has 0 amide bonds. The Bertz CT molecular complexity index is 513. The van der Waals surface area contributed by atoms with Crippen molar-refractivity contribution in [3.05, 3.63) is 30.4 Å². The fraction of sp³-hybridized carbons (Fsp3) is 0.300. The molecule has 8 heteroatoms. The van der Waals surface area contributed by atoms with E-state index in [-0.39, 0.29) is 11.7 Å². The van der Waals surface area contributed by atoms with Crippen molar-refractivity contribution in [3.63, 3.8) is 0 Å². The molecular weight excluding hydrogens is 251 g/mol. The number of hydrogen-bond donors (Lipinski definition) is 1. The first-order valence-corrected chi connectivity index (χ1v) is 4.94. The molecule has 0 aliphatic heterocycles. The van der Waals surface area contributed by atoms with Crippen LogP contribution in [0.25, 0.3) is 11.4 Å². The minimum absolute atomic E-state index is 0.154. The number of halogens is 3. The lowest BCUT2D eigenvalue weighted by Crippen LogP contribution is -2.30. The Morgan fingerprint density at radius 1 is 1.28 bits per heavy atom. The largest absolute Gasteiger partial charge is 0.414 e. The van der Waals surface area contributed by atoms with Gasteiger partial charge in [0.2, 0.25) is 11.7 Å². The van der Waals surface area contributed by atoms with Crippen LogP contribution in [0.1, 0.15) is 5.89 Å². The molecule has 0 bridgehead atoms. The molecule has 0 fully saturated rings. The molecule has 0 aromatic carbocycles. The second-order valence-corrected chi connectivity index (χ2v) is 3.51. The van der Waals surface area contributed by atoms with Gasteiger partial charge in [0.1, 0.15) is 0 Å². The van der Waals surface area contributed by atoms with Gasteiger partial charge in [-0.3, -0.25) is 4.98 Å². The molecular formula is C10H8F3N3O2. The molecule has 2 aromatic rings. The van der Waals surface area contributed by atoms with Gasteiger partial charge in [-0.2, -0.15) is 18.2 Å². The highest BCUT2D eigenvalue weighted by Gasteiger charge is 2.39. The van der Waals surface area contributed by atoms with Crippen molar-refractivity contribution in [1.29, 1.82) is 0 Å². The highest BCUT2D eigenvalue weighted by atomic mass is 19.4. The number of alkyl halides is 3. The van der Waals surface area contributed by atoms with Crippen molar-refractivity contribution in [3.8, 4) is 11.4 Å². The monoisotopic (exact) mass is 259 g/mol. The molecule has 96 valence electrons. The maximum Gasteiger partial charge on any atom is 0.414 e. The van der Waals surface area contributed by atoms with E-state index in [9.17, 15) is 13.2 Å². The molecule has 0 saturated carbocycles. The summed E-state index contributed by atoms with van der Waals surface area (Å²) in [7, 11) is 0. The molecule has 2 aromatic heterocycles. The Morgan fingerprint density at radius 2 is 1.94 bits per heavy atom. The third-order valence-corrected chi connectivity index (χ3v) is 2.15. The number of aliphatic hydroxyl groups excluding tert-OH is 1. The number of pyridine rings is 1. The second-order valence-electron chi connectivity index (χ2n) is 3.51. The summed E-state index contributed by atoms with van der Waals surface area (Å²) < 4.78 is 41.0. The maximum absolute atomic E-state index is 12.1. The van der Waals surface area contributed by atoms with E-state index in [1.807, 2.05) is 0 Å². The van der Waals surface area contributed by atoms with Crippen LogP contribution < -0.4 is 0 Å². The number of hydrogen-bond acceptors (Lipinski definition) is 5. The van der Waals surface area contributed by atoms with Gasteiger partial charge in [0, 0.05) is 18.0 Å². The van der Waals surface area contributed by atoms with Crippen LogP contribution in [0.3, 0.4) is 0 Å². The standard InChI is InChI=1S/C10H8F3N3O2/c11-10(12,13)7(17)5-8-15-9(16-18-8)6-1-3-14-4-2-6/h1-4,7,17H,5H2. The minimum atomic E-state index is -4.70.